The van der Waals surface area contributed by atoms with Crippen molar-refractivity contribution in [2.75, 3.05) is 25.0 Å². The third-order valence-corrected chi connectivity index (χ3v) is 3.33. The van der Waals surface area contributed by atoms with E-state index in [1.807, 2.05) is 19.9 Å². The summed E-state index contributed by atoms with van der Waals surface area (Å²) < 4.78 is 6.53. The molecular weight excluding hydrogens is 310 g/mol. The van der Waals surface area contributed by atoms with Crippen molar-refractivity contribution in [3.63, 3.8) is 0 Å². The number of rotatable bonds is 3. The highest BCUT2D eigenvalue weighted by molar-refractivity contribution is 9.10. The lowest BCUT2D eigenvalue weighted by molar-refractivity contribution is -0.121. The molecule has 2 heterocycles. The van der Waals surface area contributed by atoms with Crippen molar-refractivity contribution in [3.05, 3.63) is 22.8 Å². The highest BCUT2D eigenvalue weighted by atomic mass is 79.9. The Morgan fingerprint density at radius 1 is 1.47 bits per heavy atom. The normalized spacial score (nSPS) is 24.2. The van der Waals surface area contributed by atoms with Gasteiger partial charge in [0.15, 0.2) is 0 Å². The van der Waals surface area contributed by atoms with Gasteiger partial charge in [-0.3, -0.25) is 9.69 Å². The van der Waals surface area contributed by atoms with Gasteiger partial charge in [0.25, 0.3) is 0 Å². The molecule has 0 aromatic carbocycles. The first-order valence-corrected chi connectivity index (χ1v) is 7.11. The van der Waals surface area contributed by atoms with Gasteiger partial charge in [0.05, 0.1) is 18.8 Å². The number of carbonyl (C=O) groups is 1. The maximum Gasteiger partial charge on any atom is 0.239 e. The number of hydrogen-bond acceptors (Lipinski definition) is 4. The smallest absolute Gasteiger partial charge is 0.239 e. The maximum absolute atomic E-state index is 11.9. The van der Waals surface area contributed by atoms with Crippen LogP contribution in [-0.4, -0.2) is 47.6 Å². The highest BCUT2D eigenvalue weighted by Crippen LogP contribution is 2.12. The van der Waals surface area contributed by atoms with Gasteiger partial charge in [-0.2, -0.15) is 0 Å². The van der Waals surface area contributed by atoms with Gasteiger partial charge in [0.1, 0.15) is 5.82 Å². The van der Waals surface area contributed by atoms with Crippen molar-refractivity contribution in [2.24, 2.45) is 0 Å². The molecule has 1 saturated heterocycles. The second kappa shape index (κ2) is 6.45. The molecule has 0 spiro atoms. The molecule has 0 radical (unpaired) electrons. The number of pyridine rings is 1. The van der Waals surface area contributed by atoms with Crippen LogP contribution in [0.15, 0.2) is 22.8 Å². The van der Waals surface area contributed by atoms with E-state index in [9.17, 15) is 4.79 Å². The van der Waals surface area contributed by atoms with Gasteiger partial charge in [-0.15, -0.1) is 0 Å². The molecule has 1 aromatic rings. The Morgan fingerprint density at radius 2 is 2.16 bits per heavy atom. The van der Waals surface area contributed by atoms with Gasteiger partial charge in [-0.1, -0.05) is 0 Å². The van der Waals surface area contributed by atoms with Crippen molar-refractivity contribution in [2.45, 2.75) is 26.1 Å². The maximum atomic E-state index is 11.9. The van der Waals surface area contributed by atoms with E-state index in [0.29, 0.717) is 12.4 Å². The largest absolute Gasteiger partial charge is 0.373 e. The molecule has 1 aromatic heterocycles. The van der Waals surface area contributed by atoms with Crippen molar-refractivity contribution in [1.82, 2.24) is 9.88 Å². The van der Waals surface area contributed by atoms with Crippen LogP contribution in [0.1, 0.15) is 13.8 Å². The van der Waals surface area contributed by atoms with Crippen LogP contribution in [0, 0.1) is 0 Å². The minimum Gasteiger partial charge on any atom is -0.373 e. The van der Waals surface area contributed by atoms with Crippen molar-refractivity contribution < 1.29 is 9.53 Å². The fourth-order valence-electron chi connectivity index (χ4n) is 2.25. The van der Waals surface area contributed by atoms with Gasteiger partial charge < -0.3 is 10.1 Å². The van der Waals surface area contributed by atoms with E-state index in [0.717, 1.165) is 17.6 Å². The van der Waals surface area contributed by atoms with Gasteiger partial charge in [-0.05, 0) is 41.9 Å². The van der Waals surface area contributed by atoms with E-state index in [4.69, 9.17) is 4.74 Å². The molecule has 1 aliphatic rings. The van der Waals surface area contributed by atoms with Gasteiger partial charge in [0.2, 0.25) is 5.91 Å². The molecule has 1 N–H and O–H groups in total. The number of nitrogens with zero attached hydrogens (tertiary/aromatic N) is 2. The monoisotopic (exact) mass is 327 g/mol. The van der Waals surface area contributed by atoms with Crippen molar-refractivity contribution in [3.8, 4) is 0 Å². The summed E-state index contributed by atoms with van der Waals surface area (Å²) in [5.41, 5.74) is 0. The van der Waals surface area contributed by atoms with E-state index in [1.54, 1.807) is 12.3 Å². The number of nitrogens with one attached hydrogen (secondary N) is 1. The molecule has 2 atom stereocenters. The molecule has 19 heavy (non-hydrogen) atoms. The van der Waals surface area contributed by atoms with E-state index < -0.39 is 0 Å². The Balaban J connectivity index is 1.85. The topological polar surface area (TPSA) is 54.5 Å². The molecule has 6 heteroatoms. The highest BCUT2D eigenvalue weighted by Gasteiger charge is 2.23. The lowest BCUT2D eigenvalue weighted by Crippen LogP contribution is -2.48. The number of amides is 1. The number of aromatic nitrogens is 1. The van der Waals surface area contributed by atoms with Crippen LogP contribution >= 0.6 is 15.9 Å². The molecule has 0 saturated carbocycles. The quantitative estimate of drug-likeness (QED) is 0.921. The van der Waals surface area contributed by atoms with E-state index in [-0.39, 0.29) is 18.1 Å². The van der Waals surface area contributed by atoms with Crippen LogP contribution in [-0.2, 0) is 9.53 Å². The van der Waals surface area contributed by atoms with Crippen LogP contribution < -0.4 is 5.32 Å². The molecule has 0 bridgehead atoms. The summed E-state index contributed by atoms with van der Waals surface area (Å²) in [5, 5.41) is 2.79. The molecule has 0 unspecified atom stereocenters. The first kappa shape index (κ1) is 14.4. The lowest BCUT2D eigenvalue weighted by Gasteiger charge is -2.34. The predicted molar refractivity (Wildman–Crippen MR) is 77.0 cm³/mol. The Bertz CT molecular complexity index is 428. The molecule has 2 rings (SSSR count). The number of morpholine rings is 1. The molecule has 104 valence electrons. The zero-order valence-electron chi connectivity index (χ0n) is 11.1. The number of carbonyl (C=O) groups excluding carboxylic acids is 1. The zero-order chi connectivity index (χ0) is 13.8. The standard InChI is InChI=1S/C13H18BrN3O2/c1-9-6-17(7-10(2)19-9)8-13(18)16-12-4-3-11(14)5-15-12/h3-5,9-10H,6-8H2,1-2H3,(H,15,16,18)/t9-,10+. The summed E-state index contributed by atoms with van der Waals surface area (Å²) in [5.74, 6) is 0.527. The van der Waals surface area contributed by atoms with Gasteiger partial charge >= 0.3 is 0 Å². The second-order valence-electron chi connectivity index (χ2n) is 4.86. The summed E-state index contributed by atoms with van der Waals surface area (Å²) >= 11 is 3.31. The number of ether oxygens (including phenoxy) is 1. The summed E-state index contributed by atoms with van der Waals surface area (Å²) in [7, 11) is 0. The number of hydrogen-bond donors (Lipinski definition) is 1. The Morgan fingerprint density at radius 3 is 2.74 bits per heavy atom. The summed E-state index contributed by atoms with van der Waals surface area (Å²) in [6, 6.07) is 3.62. The van der Waals surface area contributed by atoms with Crippen LogP contribution in [0.4, 0.5) is 5.82 Å². The third kappa shape index (κ3) is 4.56. The van der Waals surface area contributed by atoms with Crippen LogP contribution in [0.2, 0.25) is 0 Å². The minimum absolute atomic E-state index is 0.0453. The molecule has 1 aliphatic heterocycles. The molecule has 0 aliphatic carbocycles. The van der Waals surface area contributed by atoms with Crippen LogP contribution in [0.25, 0.3) is 0 Å². The second-order valence-corrected chi connectivity index (χ2v) is 5.78. The summed E-state index contributed by atoms with van der Waals surface area (Å²) in [6.45, 7) is 5.99. The number of anilines is 1. The summed E-state index contributed by atoms with van der Waals surface area (Å²) in [6.07, 6.45) is 2.00. The van der Waals surface area contributed by atoms with Gasteiger partial charge in [0, 0.05) is 23.8 Å². The van der Waals surface area contributed by atoms with Crippen molar-refractivity contribution in [1.29, 1.82) is 0 Å². The summed E-state index contributed by atoms with van der Waals surface area (Å²) in [4.78, 5) is 18.2. The SMILES string of the molecule is C[C@@H]1CN(CC(=O)Nc2ccc(Br)cn2)C[C@H](C)O1. The third-order valence-electron chi connectivity index (χ3n) is 2.86. The Labute approximate surface area is 121 Å². The van der Waals surface area contributed by atoms with Crippen LogP contribution in [0.5, 0.6) is 0 Å². The van der Waals surface area contributed by atoms with Crippen LogP contribution in [0.3, 0.4) is 0 Å². The van der Waals surface area contributed by atoms with Crippen molar-refractivity contribution >= 4 is 27.7 Å². The average Bonchev–Trinajstić information content (AvgIpc) is 2.30. The fourth-order valence-corrected chi connectivity index (χ4v) is 2.48. The molecule has 1 amide bonds. The van der Waals surface area contributed by atoms with E-state index in [2.05, 4.69) is 31.1 Å². The minimum atomic E-state index is -0.0453. The predicted octanol–water partition coefficient (Wildman–Crippen LogP) is 1.89. The first-order chi connectivity index (χ1) is 9.02. The number of halogens is 1. The molecule has 5 nitrogen and oxygen atoms in total. The zero-order valence-corrected chi connectivity index (χ0v) is 12.7. The lowest BCUT2D eigenvalue weighted by atomic mass is 10.2. The average molecular weight is 328 g/mol. The van der Waals surface area contributed by atoms with E-state index in [1.165, 1.54) is 0 Å². The van der Waals surface area contributed by atoms with E-state index >= 15 is 0 Å². The Hall–Kier alpha value is -0.980. The van der Waals surface area contributed by atoms with Gasteiger partial charge in [-0.25, -0.2) is 4.98 Å². The Kier molecular flexibility index (Phi) is 4.90. The fraction of sp³-hybridized carbons (Fsp3) is 0.538. The molecular formula is C13H18BrN3O2. The first-order valence-electron chi connectivity index (χ1n) is 6.32. The molecule has 1 fully saturated rings.